The summed E-state index contributed by atoms with van der Waals surface area (Å²) in [7, 11) is 1.74. The molecule has 0 amide bonds. The number of ether oxygens (including phenoxy) is 4. The minimum Gasteiger partial charge on any atom is -0.465 e. The highest BCUT2D eigenvalue weighted by Gasteiger charge is 2.26. The zero-order chi connectivity index (χ0) is 20.5. The summed E-state index contributed by atoms with van der Waals surface area (Å²) in [6, 6.07) is 4.27. The summed E-state index contributed by atoms with van der Waals surface area (Å²) < 4.78 is 24.6. The number of nitrogens with zero attached hydrogens (tertiary/aromatic N) is 2. The normalized spacial score (nSPS) is 14.3. The van der Waals surface area contributed by atoms with Gasteiger partial charge in [0.1, 0.15) is 19.3 Å². The zero-order valence-corrected chi connectivity index (χ0v) is 17.9. The minimum atomic E-state index is -1.23. The van der Waals surface area contributed by atoms with E-state index in [-0.39, 0.29) is 12.4 Å². The van der Waals surface area contributed by atoms with Crippen LogP contribution in [-0.4, -0.2) is 36.9 Å². The highest BCUT2D eigenvalue weighted by molar-refractivity contribution is 6.76. The van der Waals surface area contributed by atoms with Crippen LogP contribution in [0.25, 0.3) is 11.0 Å². The number of esters is 1. The Balaban J connectivity index is 2.04. The van der Waals surface area contributed by atoms with Crippen molar-refractivity contribution < 1.29 is 23.7 Å². The third kappa shape index (κ3) is 4.00. The number of aryl methyl sites for hydroxylation is 1. The average Bonchev–Trinajstić information content (AvgIpc) is 3.26. The molecule has 3 rings (SSSR count). The second-order valence-electron chi connectivity index (χ2n) is 7.92. The largest absolute Gasteiger partial charge is 0.465 e. The quantitative estimate of drug-likeness (QED) is 0.399. The number of aromatic nitrogens is 2. The summed E-state index contributed by atoms with van der Waals surface area (Å²) in [6.07, 6.45) is 2.11. The predicted octanol–water partition coefficient (Wildman–Crippen LogP) is 2.96. The molecule has 0 atom stereocenters. The minimum absolute atomic E-state index is 0.116. The van der Waals surface area contributed by atoms with E-state index < -0.39 is 20.3 Å². The van der Waals surface area contributed by atoms with Crippen molar-refractivity contribution in [2.75, 3.05) is 13.7 Å². The summed E-state index contributed by atoms with van der Waals surface area (Å²) in [5, 5.41) is 0. The fourth-order valence-electron chi connectivity index (χ4n) is 3.03. The molecule has 0 radical (unpaired) electrons. The summed E-state index contributed by atoms with van der Waals surface area (Å²) in [5.74, 6) is -0.499. The Bertz CT molecular complexity index is 961. The Morgan fingerprint density at radius 2 is 1.89 bits per heavy atom. The SMILES string of the molecule is COC(=O)c1cc(C2OC=CO2)c2c(c1)n(C)c(=O)n2COCC[Si](C)(C)C. The van der Waals surface area contributed by atoms with E-state index in [0.717, 1.165) is 6.04 Å². The van der Waals surface area contributed by atoms with E-state index in [1.165, 1.54) is 24.2 Å². The molecule has 0 fully saturated rings. The Kier molecular flexibility index (Phi) is 5.66. The average molecular weight is 407 g/mol. The fourth-order valence-corrected chi connectivity index (χ4v) is 3.78. The van der Waals surface area contributed by atoms with Crippen molar-refractivity contribution in [1.82, 2.24) is 9.13 Å². The molecule has 0 unspecified atom stereocenters. The summed E-state index contributed by atoms with van der Waals surface area (Å²) >= 11 is 0. The molecule has 1 aromatic heterocycles. The molecule has 9 heteroatoms. The first-order chi connectivity index (χ1) is 13.2. The predicted molar refractivity (Wildman–Crippen MR) is 107 cm³/mol. The van der Waals surface area contributed by atoms with E-state index in [2.05, 4.69) is 19.6 Å². The molecule has 152 valence electrons. The molecule has 28 heavy (non-hydrogen) atoms. The van der Waals surface area contributed by atoms with E-state index in [1.54, 1.807) is 23.7 Å². The molecule has 1 aliphatic rings. The van der Waals surface area contributed by atoms with Gasteiger partial charge in [0.15, 0.2) is 0 Å². The van der Waals surface area contributed by atoms with Crippen molar-refractivity contribution >= 4 is 25.1 Å². The van der Waals surface area contributed by atoms with Crippen molar-refractivity contribution in [3.63, 3.8) is 0 Å². The number of rotatable bonds is 7. The second-order valence-corrected chi connectivity index (χ2v) is 13.5. The van der Waals surface area contributed by atoms with E-state index in [0.29, 0.717) is 28.8 Å². The molecule has 8 nitrogen and oxygen atoms in total. The molecule has 1 aliphatic heterocycles. The van der Waals surface area contributed by atoms with Crippen molar-refractivity contribution in [2.45, 2.75) is 38.7 Å². The maximum absolute atomic E-state index is 12.8. The Labute approximate surface area is 164 Å². The van der Waals surface area contributed by atoms with Crippen LogP contribution in [0.15, 0.2) is 29.5 Å². The molecule has 0 spiro atoms. The molecule has 1 aromatic carbocycles. The molecular weight excluding hydrogens is 380 g/mol. The van der Waals surface area contributed by atoms with Gasteiger partial charge in [-0.25, -0.2) is 9.59 Å². The molecule has 0 saturated carbocycles. The van der Waals surface area contributed by atoms with Crippen molar-refractivity contribution in [1.29, 1.82) is 0 Å². The van der Waals surface area contributed by atoms with Gasteiger partial charge in [0.05, 0.1) is 29.3 Å². The third-order valence-electron chi connectivity index (χ3n) is 4.62. The number of fused-ring (bicyclic) bond motifs is 1. The number of imidazole rings is 1. The number of hydrogen-bond donors (Lipinski definition) is 0. The summed E-state index contributed by atoms with van der Waals surface area (Å²) in [6.45, 7) is 7.52. The van der Waals surface area contributed by atoms with Gasteiger partial charge < -0.3 is 18.9 Å². The van der Waals surface area contributed by atoms with Gasteiger partial charge in [-0.2, -0.15) is 0 Å². The van der Waals surface area contributed by atoms with Crippen molar-refractivity contribution in [3.05, 3.63) is 46.3 Å². The van der Waals surface area contributed by atoms with Gasteiger partial charge in [-0.15, -0.1) is 0 Å². The van der Waals surface area contributed by atoms with Gasteiger partial charge in [-0.3, -0.25) is 9.13 Å². The van der Waals surface area contributed by atoms with Gasteiger partial charge in [0.2, 0.25) is 0 Å². The molecule has 0 aliphatic carbocycles. The molecular formula is C19H26N2O6Si. The first-order valence-corrected chi connectivity index (χ1v) is 12.8. The van der Waals surface area contributed by atoms with Crippen molar-refractivity contribution in [2.24, 2.45) is 7.05 Å². The third-order valence-corrected chi connectivity index (χ3v) is 6.32. The lowest BCUT2D eigenvalue weighted by Crippen LogP contribution is -2.26. The van der Waals surface area contributed by atoms with Crippen LogP contribution in [0.4, 0.5) is 0 Å². The molecule has 0 bridgehead atoms. The first-order valence-electron chi connectivity index (χ1n) is 9.08. The number of hydrogen-bond acceptors (Lipinski definition) is 6. The van der Waals surface area contributed by atoms with Crippen LogP contribution in [0.3, 0.4) is 0 Å². The van der Waals surface area contributed by atoms with Gasteiger partial charge in [-0.05, 0) is 18.2 Å². The maximum Gasteiger partial charge on any atom is 0.337 e. The van der Waals surface area contributed by atoms with Crippen LogP contribution in [0.2, 0.25) is 25.7 Å². The maximum atomic E-state index is 12.8. The Morgan fingerprint density at radius 3 is 2.50 bits per heavy atom. The highest BCUT2D eigenvalue weighted by atomic mass is 28.3. The fraction of sp³-hybridized carbons (Fsp3) is 0.474. The van der Waals surface area contributed by atoms with Crippen LogP contribution in [0.1, 0.15) is 22.2 Å². The molecule has 0 saturated heterocycles. The molecule has 0 N–H and O–H groups in total. The Morgan fingerprint density at radius 1 is 1.21 bits per heavy atom. The molecule has 2 aromatic rings. The van der Waals surface area contributed by atoms with Crippen LogP contribution in [0.5, 0.6) is 0 Å². The highest BCUT2D eigenvalue weighted by Crippen LogP contribution is 2.31. The van der Waals surface area contributed by atoms with E-state index in [4.69, 9.17) is 18.9 Å². The number of carbonyl (C=O) groups is 1. The van der Waals surface area contributed by atoms with Gasteiger partial charge in [-0.1, -0.05) is 19.6 Å². The smallest absolute Gasteiger partial charge is 0.337 e. The Hall–Kier alpha value is -2.52. The summed E-state index contributed by atoms with van der Waals surface area (Å²) in [4.78, 5) is 24.9. The van der Waals surface area contributed by atoms with Crippen LogP contribution in [0, 0.1) is 0 Å². The number of benzene rings is 1. The van der Waals surface area contributed by atoms with Gasteiger partial charge in [0.25, 0.3) is 6.29 Å². The first kappa shape index (κ1) is 20.2. The molecule has 2 heterocycles. The van der Waals surface area contributed by atoms with E-state index in [9.17, 15) is 9.59 Å². The van der Waals surface area contributed by atoms with E-state index in [1.807, 2.05) is 0 Å². The van der Waals surface area contributed by atoms with E-state index >= 15 is 0 Å². The lowest BCUT2D eigenvalue weighted by molar-refractivity contribution is -0.0239. The van der Waals surface area contributed by atoms with Crippen LogP contribution in [-0.2, 0) is 32.7 Å². The number of carbonyl (C=O) groups excluding carboxylic acids is 1. The number of methoxy groups -OCH3 is 1. The van der Waals surface area contributed by atoms with Gasteiger partial charge in [0, 0.05) is 21.7 Å². The van der Waals surface area contributed by atoms with Crippen LogP contribution >= 0.6 is 0 Å². The zero-order valence-electron chi connectivity index (χ0n) is 16.9. The standard InChI is InChI=1S/C19H26N2O6Si/c1-20-15-11-13(17(22)24-2)10-14(18-26-6-7-27-18)16(15)21(19(20)23)12-25-8-9-28(3,4)5/h6-7,10-11,18H,8-9,12H2,1-5H3. The van der Waals surface area contributed by atoms with Crippen LogP contribution < -0.4 is 5.69 Å². The monoisotopic (exact) mass is 406 g/mol. The topological polar surface area (TPSA) is 80.9 Å². The lowest BCUT2D eigenvalue weighted by atomic mass is 10.1. The summed E-state index contributed by atoms with van der Waals surface area (Å²) in [5.41, 5.74) is 1.83. The van der Waals surface area contributed by atoms with Crippen molar-refractivity contribution in [3.8, 4) is 0 Å². The lowest BCUT2D eigenvalue weighted by Gasteiger charge is -2.17. The van der Waals surface area contributed by atoms with Gasteiger partial charge >= 0.3 is 11.7 Å². The second kappa shape index (κ2) is 7.84.